The second-order valence-corrected chi connectivity index (χ2v) is 5.46. The molecule has 25 heavy (non-hydrogen) atoms. The average molecular weight is 339 g/mol. The van der Waals surface area contributed by atoms with Gasteiger partial charge in [-0.1, -0.05) is 6.07 Å². The summed E-state index contributed by atoms with van der Waals surface area (Å²) in [6, 6.07) is 10.5. The van der Waals surface area contributed by atoms with Crippen LogP contribution in [0.3, 0.4) is 0 Å². The second kappa shape index (κ2) is 7.09. The van der Waals surface area contributed by atoms with Crippen molar-refractivity contribution in [2.45, 2.75) is 6.10 Å². The first-order valence-corrected chi connectivity index (χ1v) is 7.70. The van der Waals surface area contributed by atoms with Gasteiger partial charge in [-0.15, -0.1) is 0 Å². The maximum Gasteiger partial charge on any atom is 0.258 e. The summed E-state index contributed by atoms with van der Waals surface area (Å²) in [5.74, 6) is 1.06. The zero-order valence-electron chi connectivity index (χ0n) is 13.9. The van der Waals surface area contributed by atoms with Gasteiger partial charge in [0.15, 0.2) is 11.5 Å². The van der Waals surface area contributed by atoms with Gasteiger partial charge in [0.1, 0.15) is 17.7 Å². The minimum atomic E-state index is -0.192. The van der Waals surface area contributed by atoms with E-state index in [9.17, 15) is 4.79 Å². The third kappa shape index (κ3) is 3.19. The molecule has 0 aliphatic carbocycles. The number of likely N-dealkylation sites (tertiary alicyclic amines) is 1. The first kappa shape index (κ1) is 16.6. The smallest absolute Gasteiger partial charge is 0.258 e. The lowest BCUT2D eigenvalue weighted by molar-refractivity contribution is 0.0156. The van der Waals surface area contributed by atoms with Crippen LogP contribution in [0.1, 0.15) is 15.9 Å². The molecule has 1 aromatic carbocycles. The number of hydrogen-bond acceptors (Lipinski definition) is 6. The van der Waals surface area contributed by atoms with Crippen LogP contribution < -0.4 is 14.2 Å². The molecular weight excluding hydrogens is 322 g/mol. The molecule has 0 unspecified atom stereocenters. The van der Waals surface area contributed by atoms with Crippen LogP contribution in [0.25, 0.3) is 0 Å². The van der Waals surface area contributed by atoms with Crippen LogP contribution in [-0.2, 0) is 0 Å². The Bertz CT molecular complexity index is 825. The molecule has 1 aromatic heterocycles. The van der Waals surface area contributed by atoms with Crippen LogP contribution in [0.15, 0.2) is 36.5 Å². The number of hydrogen-bond donors (Lipinski definition) is 0. The van der Waals surface area contributed by atoms with Crippen LogP contribution in [0.5, 0.6) is 17.4 Å². The minimum absolute atomic E-state index is 0.155. The van der Waals surface area contributed by atoms with Gasteiger partial charge < -0.3 is 19.1 Å². The van der Waals surface area contributed by atoms with E-state index in [2.05, 4.69) is 4.98 Å². The van der Waals surface area contributed by atoms with Crippen molar-refractivity contribution in [2.24, 2.45) is 0 Å². The fourth-order valence-electron chi connectivity index (χ4n) is 2.63. The van der Waals surface area contributed by atoms with E-state index >= 15 is 0 Å². The van der Waals surface area contributed by atoms with Crippen molar-refractivity contribution in [1.29, 1.82) is 5.26 Å². The summed E-state index contributed by atoms with van der Waals surface area (Å²) in [7, 11) is 3.03. The van der Waals surface area contributed by atoms with Gasteiger partial charge in [-0.2, -0.15) is 5.26 Å². The lowest BCUT2D eigenvalue weighted by Crippen LogP contribution is -2.56. The Balaban J connectivity index is 1.67. The molecule has 1 saturated heterocycles. The molecule has 128 valence electrons. The third-order valence-corrected chi connectivity index (χ3v) is 3.94. The number of aromatic nitrogens is 1. The number of ether oxygens (including phenoxy) is 3. The molecule has 0 spiro atoms. The second-order valence-electron chi connectivity index (χ2n) is 5.46. The third-order valence-electron chi connectivity index (χ3n) is 3.94. The molecule has 3 rings (SSSR count). The molecule has 2 aromatic rings. The Labute approximate surface area is 145 Å². The first-order valence-electron chi connectivity index (χ1n) is 7.70. The summed E-state index contributed by atoms with van der Waals surface area (Å²) in [4.78, 5) is 18.4. The van der Waals surface area contributed by atoms with E-state index in [-0.39, 0.29) is 12.0 Å². The Kier molecular flexibility index (Phi) is 4.70. The SMILES string of the molecule is COc1cccc(C(=O)N2CC(Oc3ncccc3C#N)C2)c1OC. The lowest BCUT2D eigenvalue weighted by atomic mass is 10.1. The van der Waals surface area contributed by atoms with E-state index in [1.165, 1.54) is 14.2 Å². The fraction of sp³-hybridized carbons (Fsp3) is 0.278. The number of nitriles is 1. The normalized spacial score (nSPS) is 13.6. The first-order chi connectivity index (χ1) is 12.2. The van der Waals surface area contributed by atoms with Gasteiger partial charge in [0, 0.05) is 6.20 Å². The quantitative estimate of drug-likeness (QED) is 0.827. The van der Waals surface area contributed by atoms with Crippen molar-refractivity contribution in [1.82, 2.24) is 9.88 Å². The Hall–Kier alpha value is -3.27. The molecule has 1 aliphatic heterocycles. The number of nitrogens with zero attached hydrogens (tertiary/aromatic N) is 3. The van der Waals surface area contributed by atoms with E-state index in [4.69, 9.17) is 19.5 Å². The zero-order valence-corrected chi connectivity index (χ0v) is 13.9. The van der Waals surface area contributed by atoms with Crippen molar-refractivity contribution >= 4 is 5.91 Å². The number of rotatable bonds is 5. The molecule has 2 heterocycles. The number of carbonyl (C=O) groups excluding carboxylic acids is 1. The average Bonchev–Trinajstić information content (AvgIpc) is 2.63. The van der Waals surface area contributed by atoms with Gasteiger partial charge in [-0.25, -0.2) is 4.98 Å². The van der Waals surface area contributed by atoms with Crippen LogP contribution in [0.2, 0.25) is 0 Å². The fourth-order valence-corrected chi connectivity index (χ4v) is 2.63. The van der Waals surface area contributed by atoms with Crippen molar-refractivity contribution in [3.8, 4) is 23.4 Å². The number of pyridine rings is 1. The molecule has 7 heteroatoms. The molecule has 1 fully saturated rings. The summed E-state index contributed by atoms with van der Waals surface area (Å²) in [6.07, 6.45) is 1.38. The number of amides is 1. The van der Waals surface area contributed by atoms with Crippen molar-refractivity contribution in [3.05, 3.63) is 47.7 Å². The van der Waals surface area contributed by atoms with Gasteiger partial charge in [-0.3, -0.25) is 4.79 Å². The summed E-state index contributed by atoms with van der Waals surface area (Å²) in [6.45, 7) is 0.835. The summed E-state index contributed by atoms with van der Waals surface area (Å²) >= 11 is 0. The highest BCUT2D eigenvalue weighted by molar-refractivity contribution is 5.98. The van der Waals surface area contributed by atoms with Crippen molar-refractivity contribution in [2.75, 3.05) is 27.3 Å². The Morgan fingerprint density at radius 3 is 2.72 bits per heavy atom. The van der Waals surface area contributed by atoms with Gasteiger partial charge in [0.25, 0.3) is 5.91 Å². The van der Waals surface area contributed by atoms with E-state index in [0.717, 1.165) is 0 Å². The van der Waals surface area contributed by atoms with Gasteiger partial charge in [-0.05, 0) is 24.3 Å². The molecule has 1 aliphatic rings. The highest BCUT2D eigenvalue weighted by Gasteiger charge is 2.35. The van der Waals surface area contributed by atoms with E-state index in [0.29, 0.717) is 41.6 Å². The van der Waals surface area contributed by atoms with Crippen LogP contribution >= 0.6 is 0 Å². The maximum atomic E-state index is 12.7. The molecule has 0 bridgehead atoms. The predicted molar refractivity (Wildman–Crippen MR) is 88.8 cm³/mol. The number of benzene rings is 1. The Morgan fingerprint density at radius 1 is 1.24 bits per heavy atom. The summed E-state index contributed by atoms with van der Waals surface area (Å²) < 4.78 is 16.2. The minimum Gasteiger partial charge on any atom is -0.493 e. The molecule has 0 radical (unpaired) electrons. The Morgan fingerprint density at radius 2 is 2.04 bits per heavy atom. The summed E-state index contributed by atoms with van der Waals surface area (Å²) in [5, 5.41) is 9.06. The highest BCUT2D eigenvalue weighted by Crippen LogP contribution is 2.32. The summed E-state index contributed by atoms with van der Waals surface area (Å²) in [5.41, 5.74) is 0.817. The number of carbonyl (C=O) groups is 1. The molecule has 7 nitrogen and oxygen atoms in total. The van der Waals surface area contributed by atoms with Gasteiger partial charge in [0.05, 0.1) is 32.9 Å². The van der Waals surface area contributed by atoms with Crippen molar-refractivity contribution < 1.29 is 19.0 Å². The number of methoxy groups -OCH3 is 2. The molecule has 0 saturated carbocycles. The highest BCUT2D eigenvalue weighted by atomic mass is 16.5. The van der Waals surface area contributed by atoms with E-state index < -0.39 is 0 Å². The lowest BCUT2D eigenvalue weighted by Gasteiger charge is -2.38. The van der Waals surface area contributed by atoms with Crippen molar-refractivity contribution in [3.63, 3.8) is 0 Å². The van der Waals surface area contributed by atoms with Crippen LogP contribution in [0.4, 0.5) is 0 Å². The van der Waals surface area contributed by atoms with Gasteiger partial charge in [0.2, 0.25) is 5.88 Å². The predicted octanol–water partition coefficient (Wildman–Crippen LogP) is 1.87. The zero-order chi connectivity index (χ0) is 17.8. The molecule has 0 atom stereocenters. The van der Waals surface area contributed by atoms with Crippen LogP contribution in [-0.4, -0.2) is 49.2 Å². The monoisotopic (exact) mass is 339 g/mol. The standard InChI is InChI=1S/C18H17N3O4/c1-23-15-7-3-6-14(16(15)24-2)18(22)21-10-13(11-21)25-17-12(9-19)5-4-8-20-17/h3-8,13H,10-11H2,1-2H3. The van der Waals surface area contributed by atoms with Gasteiger partial charge >= 0.3 is 0 Å². The topological polar surface area (TPSA) is 84.7 Å². The maximum absolute atomic E-state index is 12.7. The number of para-hydroxylation sites is 1. The molecular formula is C18H17N3O4. The van der Waals surface area contributed by atoms with E-state index in [1.807, 2.05) is 6.07 Å². The van der Waals surface area contributed by atoms with E-state index in [1.54, 1.807) is 41.4 Å². The van der Waals surface area contributed by atoms with Crippen LogP contribution in [0, 0.1) is 11.3 Å². The molecule has 1 amide bonds. The largest absolute Gasteiger partial charge is 0.493 e. The molecule has 0 N–H and O–H groups in total.